The summed E-state index contributed by atoms with van der Waals surface area (Å²) in [5.74, 6) is 0.288. The Bertz CT molecular complexity index is 1120. The average Bonchev–Trinajstić information content (AvgIpc) is 3.10. The largest absolute Gasteiger partial charge is 0.379 e. The smallest absolute Gasteiger partial charge is 0.254 e. The van der Waals surface area contributed by atoms with Gasteiger partial charge in [-0.15, -0.1) is 0 Å². The summed E-state index contributed by atoms with van der Waals surface area (Å²) in [6.45, 7) is 4.49. The van der Waals surface area contributed by atoms with Gasteiger partial charge in [0.05, 0.1) is 23.9 Å². The van der Waals surface area contributed by atoms with E-state index in [0.29, 0.717) is 31.9 Å². The van der Waals surface area contributed by atoms with Crippen molar-refractivity contribution in [2.75, 3.05) is 44.3 Å². The van der Waals surface area contributed by atoms with Gasteiger partial charge in [-0.1, -0.05) is 29.8 Å². The number of hydrogen-bond acceptors (Lipinski definition) is 4. The van der Waals surface area contributed by atoms with E-state index in [-0.39, 0.29) is 11.8 Å². The molecular formula is C27H30ClN3O2. The number of rotatable bonds is 4. The van der Waals surface area contributed by atoms with E-state index in [4.69, 9.17) is 16.3 Å². The zero-order valence-corrected chi connectivity index (χ0v) is 19.6. The number of aromatic nitrogens is 1. The first-order chi connectivity index (χ1) is 16.2. The SMILES string of the molecule is O=C(c1ccc(Cl)c(N2CCCCC2)c1)N1CCOC[C@@H](Cc2cccc3ccncc23)C1. The first-order valence-electron chi connectivity index (χ1n) is 11.9. The summed E-state index contributed by atoms with van der Waals surface area (Å²) in [6.07, 6.45) is 8.21. The summed E-state index contributed by atoms with van der Waals surface area (Å²) < 4.78 is 5.91. The fourth-order valence-electron chi connectivity index (χ4n) is 5.06. The molecular weight excluding hydrogens is 434 g/mol. The number of anilines is 1. The van der Waals surface area contributed by atoms with Crippen LogP contribution in [0.5, 0.6) is 0 Å². The van der Waals surface area contributed by atoms with Crippen molar-refractivity contribution in [2.45, 2.75) is 25.7 Å². The van der Waals surface area contributed by atoms with Crippen LogP contribution in [-0.2, 0) is 11.2 Å². The van der Waals surface area contributed by atoms with Gasteiger partial charge in [0.15, 0.2) is 0 Å². The monoisotopic (exact) mass is 463 g/mol. The maximum absolute atomic E-state index is 13.5. The number of nitrogens with zero attached hydrogens (tertiary/aromatic N) is 3. The molecule has 3 heterocycles. The number of carbonyl (C=O) groups excluding carboxylic acids is 1. The third kappa shape index (κ3) is 4.99. The van der Waals surface area contributed by atoms with Gasteiger partial charge in [0.25, 0.3) is 5.91 Å². The Kier molecular flexibility index (Phi) is 6.79. The minimum Gasteiger partial charge on any atom is -0.379 e. The lowest BCUT2D eigenvalue weighted by Gasteiger charge is -2.30. The van der Waals surface area contributed by atoms with E-state index in [1.165, 1.54) is 35.6 Å². The standard InChI is InChI=1S/C27H30ClN3O2/c28-25-8-7-23(16-26(25)30-11-2-1-3-12-30)27(32)31-13-14-33-19-20(18-31)15-22-6-4-5-21-9-10-29-17-24(21)22/h4-10,16-17,20H,1-3,11-15,18-19H2/t20-/m0/s1. The van der Waals surface area contributed by atoms with E-state index in [2.05, 4.69) is 28.1 Å². The number of carbonyl (C=O) groups is 1. The molecule has 5 nitrogen and oxygen atoms in total. The van der Waals surface area contributed by atoms with Crippen LogP contribution in [0.1, 0.15) is 35.2 Å². The zero-order valence-electron chi connectivity index (χ0n) is 18.9. The van der Waals surface area contributed by atoms with Crippen LogP contribution in [0.15, 0.2) is 54.9 Å². The van der Waals surface area contributed by atoms with Gasteiger partial charge in [0.2, 0.25) is 0 Å². The molecule has 0 bridgehead atoms. The van der Waals surface area contributed by atoms with Gasteiger partial charge in [0.1, 0.15) is 0 Å². The van der Waals surface area contributed by atoms with Crippen molar-refractivity contribution < 1.29 is 9.53 Å². The minimum atomic E-state index is 0.0556. The molecule has 2 fully saturated rings. The predicted octanol–water partition coefficient (Wildman–Crippen LogP) is 5.21. The van der Waals surface area contributed by atoms with Crippen molar-refractivity contribution >= 4 is 34.0 Å². The fraction of sp³-hybridized carbons (Fsp3) is 0.407. The number of fused-ring (bicyclic) bond motifs is 1. The Morgan fingerprint density at radius 1 is 1.09 bits per heavy atom. The molecule has 2 saturated heterocycles. The van der Waals surface area contributed by atoms with Crippen molar-refractivity contribution in [3.8, 4) is 0 Å². The molecule has 5 rings (SSSR count). The number of hydrogen-bond donors (Lipinski definition) is 0. The van der Waals surface area contributed by atoms with Gasteiger partial charge in [-0.3, -0.25) is 9.78 Å². The van der Waals surface area contributed by atoms with Gasteiger partial charge < -0.3 is 14.5 Å². The molecule has 172 valence electrons. The summed E-state index contributed by atoms with van der Waals surface area (Å²) >= 11 is 6.52. The molecule has 3 aromatic rings. The maximum Gasteiger partial charge on any atom is 0.254 e. The lowest BCUT2D eigenvalue weighted by atomic mass is 9.95. The van der Waals surface area contributed by atoms with E-state index >= 15 is 0 Å². The Labute approximate surface area is 200 Å². The van der Waals surface area contributed by atoms with Crippen molar-refractivity contribution in [1.29, 1.82) is 0 Å². The average molecular weight is 464 g/mol. The van der Waals surface area contributed by atoms with Crippen LogP contribution in [-0.4, -0.2) is 55.2 Å². The van der Waals surface area contributed by atoms with E-state index < -0.39 is 0 Å². The molecule has 0 N–H and O–H groups in total. The van der Waals surface area contributed by atoms with Crippen LogP contribution in [0.3, 0.4) is 0 Å². The van der Waals surface area contributed by atoms with Crippen molar-refractivity contribution in [3.63, 3.8) is 0 Å². The summed E-state index contributed by atoms with van der Waals surface area (Å²) in [5, 5.41) is 3.08. The second kappa shape index (κ2) is 10.1. The molecule has 1 aromatic heterocycles. The third-order valence-electron chi connectivity index (χ3n) is 6.80. The fourth-order valence-corrected chi connectivity index (χ4v) is 5.30. The topological polar surface area (TPSA) is 45.7 Å². The number of piperidine rings is 1. The highest BCUT2D eigenvalue weighted by molar-refractivity contribution is 6.33. The number of amides is 1. The molecule has 0 spiro atoms. The minimum absolute atomic E-state index is 0.0556. The van der Waals surface area contributed by atoms with Crippen LogP contribution in [0.4, 0.5) is 5.69 Å². The molecule has 33 heavy (non-hydrogen) atoms. The number of benzene rings is 2. The quantitative estimate of drug-likeness (QED) is 0.532. The molecule has 1 amide bonds. The normalized spacial score (nSPS) is 19.5. The predicted molar refractivity (Wildman–Crippen MR) is 133 cm³/mol. The van der Waals surface area contributed by atoms with E-state index in [1.54, 1.807) is 0 Å². The van der Waals surface area contributed by atoms with Crippen molar-refractivity contribution in [2.24, 2.45) is 5.92 Å². The molecule has 6 heteroatoms. The third-order valence-corrected chi connectivity index (χ3v) is 7.12. The number of pyridine rings is 1. The summed E-state index contributed by atoms with van der Waals surface area (Å²) in [4.78, 5) is 22.1. The lowest BCUT2D eigenvalue weighted by molar-refractivity contribution is 0.0737. The van der Waals surface area contributed by atoms with Crippen LogP contribution in [0, 0.1) is 5.92 Å². The van der Waals surface area contributed by atoms with Gasteiger partial charge in [-0.05, 0) is 60.9 Å². The Morgan fingerprint density at radius 3 is 2.85 bits per heavy atom. The van der Waals surface area contributed by atoms with Crippen molar-refractivity contribution in [3.05, 3.63) is 71.0 Å². The van der Waals surface area contributed by atoms with E-state index in [0.717, 1.165) is 30.2 Å². The summed E-state index contributed by atoms with van der Waals surface area (Å²) in [6, 6.07) is 14.1. The number of ether oxygens (including phenoxy) is 1. The highest BCUT2D eigenvalue weighted by Gasteiger charge is 2.25. The second-order valence-corrected chi connectivity index (χ2v) is 9.53. The van der Waals surface area contributed by atoms with Gasteiger partial charge in [0, 0.05) is 55.4 Å². The van der Waals surface area contributed by atoms with Gasteiger partial charge >= 0.3 is 0 Å². The number of halogens is 1. The molecule has 2 aliphatic heterocycles. The molecule has 1 atom stereocenters. The molecule has 2 aliphatic rings. The lowest BCUT2D eigenvalue weighted by Crippen LogP contribution is -2.36. The summed E-state index contributed by atoms with van der Waals surface area (Å²) in [7, 11) is 0. The molecule has 0 radical (unpaired) electrons. The van der Waals surface area contributed by atoms with E-state index in [1.807, 2.05) is 41.6 Å². The Balaban J connectivity index is 1.34. The Hall–Kier alpha value is -2.63. The van der Waals surface area contributed by atoms with Crippen LogP contribution < -0.4 is 4.90 Å². The first-order valence-corrected chi connectivity index (χ1v) is 12.3. The first kappa shape index (κ1) is 22.2. The zero-order chi connectivity index (χ0) is 22.6. The Morgan fingerprint density at radius 2 is 1.97 bits per heavy atom. The molecule has 2 aromatic carbocycles. The molecule has 0 saturated carbocycles. The maximum atomic E-state index is 13.5. The molecule has 0 aliphatic carbocycles. The molecule has 0 unspecified atom stereocenters. The van der Waals surface area contributed by atoms with Gasteiger partial charge in [-0.2, -0.15) is 0 Å². The van der Waals surface area contributed by atoms with Gasteiger partial charge in [-0.25, -0.2) is 0 Å². The summed E-state index contributed by atoms with van der Waals surface area (Å²) in [5.41, 5.74) is 2.94. The highest BCUT2D eigenvalue weighted by Crippen LogP contribution is 2.30. The van der Waals surface area contributed by atoms with Crippen LogP contribution >= 0.6 is 11.6 Å². The highest BCUT2D eigenvalue weighted by atomic mass is 35.5. The van der Waals surface area contributed by atoms with E-state index in [9.17, 15) is 4.79 Å². The van der Waals surface area contributed by atoms with Crippen LogP contribution in [0.2, 0.25) is 5.02 Å². The van der Waals surface area contributed by atoms with Crippen molar-refractivity contribution in [1.82, 2.24) is 9.88 Å². The second-order valence-electron chi connectivity index (χ2n) is 9.12. The van der Waals surface area contributed by atoms with Crippen LogP contribution in [0.25, 0.3) is 10.8 Å².